The van der Waals surface area contributed by atoms with E-state index < -0.39 is 8.32 Å². The fourth-order valence-electron chi connectivity index (χ4n) is 3.07. The molecule has 3 nitrogen and oxygen atoms in total. The van der Waals surface area contributed by atoms with Crippen molar-refractivity contribution in [2.75, 3.05) is 7.11 Å². The Labute approximate surface area is 166 Å². The molecule has 2 atom stereocenters. The zero-order valence-electron chi connectivity index (χ0n) is 17.7. The van der Waals surface area contributed by atoms with Crippen LogP contribution in [0.15, 0.2) is 36.4 Å². The molecule has 1 aromatic carbocycles. The van der Waals surface area contributed by atoms with Gasteiger partial charge in [-0.3, -0.25) is 0 Å². The van der Waals surface area contributed by atoms with Crippen LogP contribution < -0.4 is 4.74 Å². The van der Waals surface area contributed by atoms with E-state index in [0.717, 1.165) is 23.7 Å². The Morgan fingerprint density at radius 2 is 1.89 bits per heavy atom. The molecule has 1 saturated carbocycles. The van der Waals surface area contributed by atoms with Gasteiger partial charge in [-0.25, -0.2) is 0 Å². The minimum absolute atomic E-state index is 0.165. The van der Waals surface area contributed by atoms with E-state index in [-0.39, 0.29) is 11.7 Å². The fourth-order valence-corrected chi connectivity index (χ4v) is 4.62. The molecule has 1 fully saturated rings. The third-order valence-electron chi connectivity index (χ3n) is 4.39. The number of rotatable bonds is 10. The maximum absolute atomic E-state index is 6.55. The van der Waals surface area contributed by atoms with Crippen LogP contribution in [0.4, 0.5) is 0 Å². The lowest BCUT2D eigenvalue weighted by Crippen LogP contribution is -2.41. The molecule has 4 heteroatoms. The SMILES string of the molecule is CC#C[C@H](C[C@@](C)(/C=C/C1CC1)O[Si](C)(C)C)OCc1ccc(OC)cc1. The number of methoxy groups -OCH3 is 1. The molecule has 148 valence electrons. The normalized spacial score (nSPS) is 17.9. The van der Waals surface area contributed by atoms with Crippen molar-refractivity contribution in [3.63, 3.8) is 0 Å². The van der Waals surface area contributed by atoms with Crippen LogP contribution in [0.25, 0.3) is 0 Å². The van der Waals surface area contributed by atoms with Crippen LogP contribution in [0.1, 0.15) is 38.7 Å². The summed E-state index contributed by atoms with van der Waals surface area (Å²) in [5, 5.41) is 0. The van der Waals surface area contributed by atoms with Gasteiger partial charge >= 0.3 is 0 Å². The van der Waals surface area contributed by atoms with Gasteiger partial charge in [0.15, 0.2) is 8.32 Å². The van der Waals surface area contributed by atoms with Crippen molar-refractivity contribution >= 4 is 8.32 Å². The Morgan fingerprint density at radius 1 is 1.22 bits per heavy atom. The molecule has 0 spiro atoms. The van der Waals surface area contributed by atoms with Crippen molar-refractivity contribution in [3.05, 3.63) is 42.0 Å². The van der Waals surface area contributed by atoms with Crippen LogP contribution in [-0.2, 0) is 15.8 Å². The zero-order valence-corrected chi connectivity index (χ0v) is 18.7. The zero-order chi connectivity index (χ0) is 19.9. The Kier molecular flexibility index (Phi) is 7.73. The molecule has 0 aliphatic heterocycles. The average Bonchev–Trinajstić information content (AvgIpc) is 3.41. The van der Waals surface area contributed by atoms with E-state index >= 15 is 0 Å². The first-order chi connectivity index (χ1) is 12.7. The minimum atomic E-state index is -1.70. The van der Waals surface area contributed by atoms with E-state index in [0.29, 0.717) is 6.61 Å². The summed E-state index contributed by atoms with van der Waals surface area (Å²) in [5.41, 5.74) is 0.765. The molecule has 0 radical (unpaired) electrons. The summed E-state index contributed by atoms with van der Waals surface area (Å²) in [6, 6.07) is 7.96. The standard InChI is InChI=1S/C23H34O3Si/c1-7-8-22(25-18-20-11-13-21(24-3)14-12-20)17-23(2,26-27(4,5)6)16-15-19-9-10-19/h11-16,19,22H,9-10,17-18H2,1-6H3/b16-15+/t22-,23-/m1/s1. The Balaban J connectivity index is 2.05. The molecule has 1 aromatic rings. The van der Waals surface area contributed by atoms with Gasteiger partial charge < -0.3 is 13.9 Å². The second-order valence-electron chi connectivity index (χ2n) is 8.47. The van der Waals surface area contributed by atoms with Gasteiger partial charge in [0.05, 0.1) is 19.3 Å². The third-order valence-corrected chi connectivity index (χ3v) is 5.47. The Bertz CT molecular complexity index is 674. The van der Waals surface area contributed by atoms with Gasteiger partial charge in [0.1, 0.15) is 11.9 Å². The highest BCUT2D eigenvalue weighted by molar-refractivity contribution is 6.69. The third kappa shape index (κ3) is 8.34. The number of hydrogen-bond donors (Lipinski definition) is 0. The molecule has 2 rings (SSSR count). The second-order valence-corrected chi connectivity index (χ2v) is 12.9. The summed E-state index contributed by atoms with van der Waals surface area (Å²) < 4.78 is 17.9. The number of ether oxygens (including phenoxy) is 2. The molecule has 0 N–H and O–H groups in total. The molecule has 0 unspecified atom stereocenters. The van der Waals surface area contributed by atoms with E-state index in [1.165, 1.54) is 12.8 Å². The lowest BCUT2D eigenvalue weighted by Gasteiger charge is -2.35. The predicted octanol–water partition coefficient (Wildman–Crippen LogP) is 5.57. The second kappa shape index (κ2) is 9.59. The van der Waals surface area contributed by atoms with Crippen LogP contribution in [0.2, 0.25) is 19.6 Å². The van der Waals surface area contributed by atoms with Crippen molar-refractivity contribution in [2.45, 2.75) is 71.1 Å². The molecule has 0 saturated heterocycles. The quantitative estimate of drug-likeness (QED) is 0.299. The first-order valence-electron chi connectivity index (χ1n) is 9.79. The number of hydrogen-bond acceptors (Lipinski definition) is 3. The minimum Gasteiger partial charge on any atom is -0.497 e. The van der Waals surface area contributed by atoms with Gasteiger partial charge in [-0.2, -0.15) is 0 Å². The van der Waals surface area contributed by atoms with Crippen molar-refractivity contribution in [3.8, 4) is 17.6 Å². The van der Waals surface area contributed by atoms with E-state index in [9.17, 15) is 0 Å². The molecule has 1 aliphatic rings. The van der Waals surface area contributed by atoms with E-state index in [2.05, 4.69) is 50.6 Å². The predicted molar refractivity (Wildman–Crippen MR) is 114 cm³/mol. The molecule has 0 heterocycles. The molecule has 0 amide bonds. The molecule has 0 bridgehead atoms. The van der Waals surface area contributed by atoms with E-state index in [1.807, 2.05) is 31.2 Å². The van der Waals surface area contributed by atoms with Crippen molar-refractivity contribution in [1.29, 1.82) is 0 Å². The molecule has 1 aliphatic carbocycles. The van der Waals surface area contributed by atoms with Crippen molar-refractivity contribution < 1.29 is 13.9 Å². The highest BCUT2D eigenvalue weighted by Gasteiger charge is 2.33. The molecular formula is C23H34O3Si. The lowest BCUT2D eigenvalue weighted by atomic mass is 9.97. The van der Waals surface area contributed by atoms with Crippen LogP contribution in [0, 0.1) is 17.8 Å². The van der Waals surface area contributed by atoms with Crippen LogP contribution in [0.3, 0.4) is 0 Å². The van der Waals surface area contributed by atoms with E-state index in [1.54, 1.807) is 7.11 Å². The highest BCUT2D eigenvalue weighted by Crippen LogP contribution is 2.33. The summed E-state index contributed by atoms with van der Waals surface area (Å²) in [4.78, 5) is 0. The number of benzene rings is 1. The van der Waals surface area contributed by atoms with E-state index in [4.69, 9.17) is 13.9 Å². The van der Waals surface area contributed by atoms with Crippen LogP contribution in [-0.4, -0.2) is 27.1 Å². The molecule has 0 aromatic heterocycles. The summed E-state index contributed by atoms with van der Waals surface area (Å²) in [7, 11) is -0.0268. The number of allylic oxidation sites excluding steroid dienone is 1. The summed E-state index contributed by atoms with van der Waals surface area (Å²) in [6.45, 7) is 11.3. The van der Waals surface area contributed by atoms with Gasteiger partial charge in [0, 0.05) is 6.42 Å². The first kappa shape index (κ1) is 21.8. The summed E-state index contributed by atoms with van der Waals surface area (Å²) in [5.74, 6) is 7.83. The molecular weight excluding hydrogens is 352 g/mol. The van der Waals surface area contributed by atoms with Crippen molar-refractivity contribution in [2.24, 2.45) is 5.92 Å². The lowest BCUT2D eigenvalue weighted by molar-refractivity contribution is 0.0199. The van der Waals surface area contributed by atoms with Gasteiger partial charge in [-0.15, -0.1) is 5.92 Å². The largest absolute Gasteiger partial charge is 0.497 e. The van der Waals surface area contributed by atoms with Gasteiger partial charge in [0.25, 0.3) is 0 Å². The first-order valence-corrected chi connectivity index (χ1v) is 13.2. The maximum Gasteiger partial charge on any atom is 0.184 e. The average molecular weight is 387 g/mol. The van der Waals surface area contributed by atoms with Gasteiger partial charge in [-0.1, -0.05) is 30.2 Å². The maximum atomic E-state index is 6.55. The summed E-state index contributed by atoms with van der Waals surface area (Å²) in [6.07, 6.45) is 7.74. The van der Waals surface area contributed by atoms with Crippen LogP contribution in [0.5, 0.6) is 5.75 Å². The molecule has 27 heavy (non-hydrogen) atoms. The van der Waals surface area contributed by atoms with Crippen LogP contribution >= 0.6 is 0 Å². The van der Waals surface area contributed by atoms with Gasteiger partial charge in [-0.05, 0) is 69.9 Å². The van der Waals surface area contributed by atoms with Crippen molar-refractivity contribution in [1.82, 2.24) is 0 Å². The Morgan fingerprint density at radius 3 is 2.41 bits per heavy atom. The smallest absolute Gasteiger partial charge is 0.184 e. The fraction of sp³-hybridized carbons (Fsp3) is 0.565. The highest BCUT2D eigenvalue weighted by atomic mass is 28.4. The topological polar surface area (TPSA) is 27.7 Å². The Hall–Kier alpha value is -1.54. The summed E-state index contributed by atoms with van der Waals surface area (Å²) >= 11 is 0. The monoisotopic (exact) mass is 386 g/mol. The van der Waals surface area contributed by atoms with Gasteiger partial charge in [0.2, 0.25) is 0 Å².